The summed E-state index contributed by atoms with van der Waals surface area (Å²) >= 11 is 5.72. The van der Waals surface area contributed by atoms with Gasteiger partial charge in [0.25, 0.3) is 0 Å². The van der Waals surface area contributed by atoms with Crippen molar-refractivity contribution in [2.75, 3.05) is 33.1 Å². The van der Waals surface area contributed by atoms with Crippen molar-refractivity contribution in [3.8, 4) is 11.5 Å². The van der Waals surface area contributed by atoms with E-state index in [9.17, 15) is 9.18 Å². The molecular weight excluding hydrogens is 359 g/mol. The number of likely N-dealkylation sites (N-methyl/N-ethyl adjacent to an activating group) is 1. The second-order valence-corrected chi connectivity index (χ2v) is 6.39. The predicted octanol–water partition coefficient (Wildman–Crippen LogP) is 3.88. The fourth-order valence-corrected chi connectivity index (χ4v) is 2.74. The van der Waals surface area contributed by atoms with Crippen LogP contribution in [-0.4, -0.2) is 38.6 Å². The summed E-state index contributed by atoms with van der Waals surface area (Å²) in [5.74, 6) is 0.577. The summed E-state index contributed by atoms with van der Waals surface area (Å²) in [5, 5.41) is 2.68. The minimum absolute atomic E-state index is 0.0305. The number of nitrogens with zero attached hydrogens (tertiary/aromatic N) is 1. The third-order valence-corrected chi connectivity index (χ3v) is 4.19. The number of benzene rings is 2. The van der Waals surface area contributed by atoms with Crippen molar-refractivity contribution in [1.82, 2.24) is 4.90 Å². The van der Waals surface area contributed by atoms with E-state index < -0.39 is 5.82 Å². The van der Waals surface area contributed by atoms with Gasteiger partial charge in [-0.05, 0) is 55.4 Å². The van der Waals surface area contributed by atoms with Crippen LogP contribution >= 0.6 is 11.6 Å². The van der Waals surface area contributed by atoms with Gasteiger partial charge >= 0.3 is 0 Å². The van der Waals surface area contributed by atoms with Crippen molar-refractivity contribution in [3.63, 3.8) is 0 Å². The molecular formula is C19H22ClFN2O3. The number of aryl methyl sites for hydroxylation is 1. The normalized spacial score (nSPS) is 10.7. The summed E-state index contributed by atoms with van der Waals surface area (Å²) in [6.07, 6.45) is 0. The number of methoxy groups -OCH3 is 2. The Kier molecular flexibility index (Phi) is 6.83. The summed E-state index contributed by atoms with van der Waals surface area (Å²) < 4.78 is 23.8. The third kappa shape index (κ3) is 5.09. The monoisotopic (exact) mass is 380 g/mol. The Morgan fingerprint density at radius 2 is 1.85 bits per heavy atom. The molecule has 0 aliphatic rings. The van der Waals surface area contributed by atoms with Crippen LogP contribution in [0.2, 0.25) is 5.02 Å². The molecule has 0 radical (unpaired) electrons. The van der Waals surface area contributed by atoms with Crippen LogP contribution in [0.3, 0.4) is 0 Å². The van der Waals surface area contributed by atoms with E-state index in [0.717, 1.165) is 11.1 Å². The lowest BCUT2D eigenvalue weighted by Gasteiger charge is -2.19. The highest BCUT2D eigenvalue weighted by Crippen LogP contribution is 2.30. The molecule has 0 unspecified atom stereocenters. The lowest BCUT2D eigenvalue weighted by atomic mass is 10.1. The van der Waals surface area contributed by atoms with Crippen molar-refractivity contribution in [3.05, 3.63) is 52.3 Å². The molecule has 5 nitrogen and oxygen atoms in total. The van der Waals surface area contributed by atoms with Gasteiger partial charge in [0, 0.05) is 12.2 Å². The van der Waals surface area contributed by atoms with Crippen molar-refractivity contribution in [2.45, 2.75) is 13.5 Å². The molecule has 1 amide bonds. The minimum Gasteiger partial charge on any atom is -0.493 e. The molecule has 0 saturated carbocycles. The number of rotatable bonds is 7. The third-order valence-electron chi connectivity index (χ3n) is 3.90. The summed E-state index contributed by atoms with van der Waals surface area (Å²) in [6.45, 7) is 2.71. The molecule has 0 heterocycles. The van der Waals surface area contributed by atoms with Crippen molar-refractivity contribution in [1.29, 1.82) is 0 Å². The molecule has 0 saturated heterocycles. The van der Waals surface area contributed by atoms with Gasteiger partial charge in [-0.25, -0.2) is 4.39 Å². The average molecular weight is 381 g/mol. The van der Waals surface area contributed by atoms with E-state index in [0.29, 0.717) is 23.7 Å². The maximum atomic E-state index is 13.2. The molecule has 0 aliphatic heterocycles. The van der Waals surface area contributed by atoms with E-state index in [1.54, 1.807) is 14.2 Å². The van der Waals surface area contributed by atoms with Crippen LogP contribution in [0.25, 0.3) is 0 Å². The standard InChI is InChI=1S/C19H22ClFN2O3/c1-12-7-17(25-3)18(26-4)8-13(12)10-23(2)11-19(24)22-14-5-6-16(21)15(20)9-14/h5-9H,10-11H2,1-4H3,(H,22,24). The van der Waals surface area contributed by atoms with Gasteiger partial charge < -0.3 is 14.8 Å². The number of ether oxygens (including phenoxy) is 2. The average Bonchev–Trinajstić information content (AvgIpc) is 2.59. The van der Waals surface area contributed by atoms with E-state index in [4.69, 9.17) is 21.1 Å². The molecule has 1 N–H and O–H groups in total. The lowest BCUT2D eigenvalue weighted by Crippen LogP contribution is -2.30. The Hall–Kier alpha value is -2.31. The van der Waals surface area contributed by atoms with E-state index in [2.05, 4.69) is 5.32 Å². The fourth-order valence-electron chi connectivity index (χ4n) is 2.56. The first-order valence-electron chi connectivity index (χ1n) is 7.99. The molecule has 26 heavy (non-hydrogen) atoms. The molecule has 140 valence electrons. The SMILES string of the molecule is COc1cc(C)c(CN(C)CC(=O)Nc2ccc(F)c(Cl)c2)cc1OC. The number of hydrogen-bond acceptors (Lipinski definition) is 4. The topological polar surface area (TPSA) is 50.8 Å². The second-order valence-electron chi connectivity index (χ2n) is 5.98. The highest BCUT2D eigenvalue weighted by molar-refractivity contribution is 6.31. The lowest BCUT2D eigenvalue weighted by molar-refractivity contribution is -0.117. The van der Waals surface area contributed by atoms with E-state index in [1.165, 1.54) is 18.2 Å². The molecule has 2 aromatic carbocycles. The number of hydrogen-bond donors (Lipinski definition) is 1. The number of carbonyl (C=O) groups excluding carboxylic acids is 1. The summed E-state index contributed by atoms with van der Waals surface area (Å²) in [6, 6.07) is 7.88. The Labute approximate surface area is 157 Å². The van der Waals surface area contributed by atoms with Crippen LogP contribution in [0.5, 0.6) is 11.5 Å². The maximum Gasteiger partial charge on any atom is 0.238 e. The number of carbonyl (C=O) groups is 1. The first-order valence-corrected chi connectivity index (χ1v) is 8.36. The van der Waals surface area contributed by atoms with E-state index >= 15 is 0 Å². The van der Waals surface area contributed by atoms with Gasteiger partial charge in [0.15, 0.2) is 11.5 Å². The molecule has 2 aromatic rings. The highest BCUT2D eigenvalue weighted by Gasteiger charge is 2.13. The van der Waals surface area contributed by atoms with Crippen LogP contribution in [-0.2, 0) is 11.3 Å². The smallest absolute Gasteiger partial charge is 0.238 e. The largest absolute Gasteiger partial charge is 0.493 e. The zero-order valence-corrected chi connectivity index (χ0v) is 16.0. The van der Waals surface area contributed by atoms with Gasteiger partial charge in [-0.15, -0.1) is 0 Å². The summed E-state index contributed by atoms with van der Waals surface area (Å²) in [7, 11) is 5.02. The molecule has 0 spiro atoms. The van der Waals surface area contributed by atoms with Crippen LogP contribution in [0.15, 0.2) is 30.3 Å². The minimum atomic E-state index is -0.522. The van der Waals surface area contributed by atoms with Crippen LogP contribution in [0.1, 0.15) is 11.1 Å². The van der Waals surface area contributed by atoms with Gasteiger partial charge in [-0.2, -0.15) is 0 Å². The summed E-state index contributed by atoms with van der Waals surface area (Å²) in [4.78, 5) is 14.1. The second kappa shape index (κ2) is 8.87. The maximum absolute atomic E-state index is 13.2. The molecule has 0 fully saturated rings. The number of anilines is 1. The molecule has 7 heteroatoms. The van der Waals surface area contributed by atoms with Crippen LogP contribution in [0, 0.1) is 12.7 Å². The van der Waals surface area contributed by atoms with Crippen molar-refractivity contribution < 1.29 is 18.7 Å². The Balaban J connectivity index is 2.00. The summed E-state index contributed by atoms with van der Waals surface area (Å²) in [5.41, 5.74) is 2.53. The Bertz CT molecular complexity index is 799. The predicted molar refractivity (Wildman–Crippen MR) is 101 cm³/mol. The molecule has 0 bridgehead atoms. The first kappa shape index (κ1) is 20.0. The zero-order chi connectivity index (χ0) is 19.3. The van der Waals surface area contributed by atoms with Crippen molar-refractivity contribution >= 4 is 23.2 Å². The molecule has 0 aliphatic carbocycles. The van der Waals surface area contributed by atoms with Crippen LogP contribution in [0.4, 0.5) is 10.1 Å². The van der Waals surface area contributed by atoms with Crippen molar-refractivity contribution in [2.24, 2.45) is 0 Å². The Morgan fingerprint density at radius 3 is 2.46 bits per heavy atom. The molecule has 0 aromatic heterocycles. The fraction of sp³-hybridized carbons (Fsp3) is 0.316. The van der Waals surface area contributed by atoms with Gasteiger partial charge in [0.2, 0.25) is 5.91 Å². The van der Waals surface area contributed by atoms with Gasteiger partial charge in [0.05, 0.1) is 25.8 Å². The molecule has 2 rings (SSSR count). The number of amides is 1. The van der Waals surface area contributed by atoms with Gasteiger partial charge in [0.1, 0.15) is 5.82 Å². The quantitative estimate of drug-likeness (QED) is 0.792. The number of nitrogens with one attached hydrogen (secondary N) is 1. The molecule has 0 atom stereocenters. The highest BCUT2D eigenvalue weighted by atomic mass is 35.5. The van der Waals surface area contributed by atoms with E-state index in [-0.39, 0.29) is 17.5 Å². The van der Waals surface area contributed by atoms with Crippen LogP contribution < -0.4 is 14.8 Å². The first-order chi connectivity index (χ1) is 12.3. The number of halogens is 2. The van der Waals surface area contributed by atoms with Gasteiger partial charge in [-0.1, -0.05) is 11.6 Å². The zero-order valence-electron chi connectivity index (χ0n) is 15.2. The van der Waals surface area contributed by atoms with Gasteiger partial charge in [-0.3, -0.25) is 9.69 Å². The Morgan fingerprint density at radius 1 is 1.19 bits per heavy atom. The van der Waals surface area contributed by atoms with E-state index in [1.807, 2.05) is 31.0 Å².